The number of thioether (sulfide) groups is 1. The Bertz CT molecular complexity index is 1080. The van der Waals surface area contributed by atoms with Gasteiger partial charge in [-0.3, -0.25) is 4.79 Å². The van der Waals surface area contributed by atoms with E-state index in [4.69, 9.17) is 4.52 Å². The zero-order valence-electron chi connectivity index (χ0n) is 15.4. The molecule has 0 spiro atoms. The standard InChI is InChI=1S/C17H18N4O4S3/c1-11(22)18-13-9-12(6-7-14(13)26-3)28(23,24)21(2)10-16-19-17(20-25-16)15-5-4-8-27-15/h4-9H,10H2,1-3H3,(H,18,22). The maximum absolute atomic E-state index is 12.9. The minimum absolute atomic E-state index is 0.0644. The van der Waals surface area contributed by atoms with Crippen molar-refractivity contribution in [3.63, 3.8) is 0 Å². The van der Waals surface area contributed by atoms with Gasteiger partial charge in [-0.2, -0.15) is 9.29 Å². The van der Waals surface area contributed by atoms with Gasteiger partial charge in [-0.1, -0.05) is 11.2 Å². The average Bonchev–Trinajstić information content (AvgIpc) is 3.32. The van der Waals surface area contributed by atoms with Gasteiger partial charge >= 0.3 is 0 Å². The number of hydrogen-bond acceptors (Lipinski definition) is 8. The number of aromatic nitrogens is 2. The molecule has 148 valence electrons. The molecule has 1 N–H and O–H groups in total. The van der Waals surface area contributed by atoms with Crippen molar-refractivity contribution in [3.05, 3.63) is 41.6 Å². The van der Waals surface area contributed by atoms with Gasteiger partial charge in [0.15, 0.2) is 0 Å². The van der Waals surface area contributed by atoms with Gasteiger partial charge in [0, 0.05) is 18.9 Å². The highest BCUT2D eigenvalue weighted by Crippen LogP contribution is 2.29. The number of nitrogens with one attached hydrogen (secondary N) is 1. The number of hydrogen-bond donors (Lipinski definition) is 1. The fraction of sp³-hybridized carbons (Fsp3) is 0.235. The third-order valence-electron chi connectivity index (χ3n) is 3.76. The molecule has 1 aromatic carbocycles. The highest BCUT2D eigenvalue weighted by atomic mass is 32.2. The summed E-state index contributed by atoms with van der Waals surface area (Å²) in [5, 5.41) is 8.45. The van der Waals surface area contributed by atoms with Crippen LogP contribution in [-0.2, 0) is 21.4 Å². The summed E-state index contributed by atoms with van der Waals surface area (Å²) in [4.78, 5) is 17.3. The molecule has 3 rings (SSSR count). The first-order valence-corrected chi connectivity index (χ1v) is 11.6. The number of thiophene rings is 1. The predicted octanol–water partition coefficient (Wildman–Crippen LogP) is 3.30. The van der Waals surface area contributed by atoms with Crippen LogP contribution in [-0.4, -0.2) is 42.1 Å². The third-order valence-corrected chi connectivity index (χ3v) is 7.22. The second-order valence-electron chi connectivity index (χ2n) is 5.79. The zero-order chi connectivity index (χ0) is 20.3. The van der Waals surface area contributed by atoms with E-state index in [1.165, 1.54) is 49.2 Å². The molecule has 0 bridgehead atoms. The summed E-state index contributed by atoms with van der Waals surface area (Å²) >= 11 is 2.88. The highest BCUT2D eigenvalue weighted by molar-refractivity contribution is 7.98. The van der Waals surface area contributed by atoms with Crippen LogP contribution in [0.15, 0.2) is 50.0 Å². The van der Waals surface area contributed by atoms with Gasteiger partial charge in [0.05, 0.1) is 22.0 Å². The Hall–Kier alpha value is -2.21. The predicted molar refractivity (Wildman–Crippen MR) is 109 cm³/mol. The summed E-state index contributed by atoms with van der Waals surface area (Å²) in [5.41, 5.74) is 0.451. The van der Waals surface area contributed by atoms with Crippen molar-refractivity contribution in [1.82, 2.24) is 14.4 Å². The highest BCUT2D eigenvalue weighted by Gasteiger charge is 2.24. The molecule has 0 fully saturated rings. The number of carbonyl (C=O) groups excluding carboxylic acids is 1. The molecule has 3 aromatic rings. The summed E-state index contributed by atoms with van der Waals surface area (Å²) in [6, 6.07) is 8.35. The van der Waals surface area contributed by atoms with Crippen molar-refractivity contribution in [3.8, 4) is 10.7 Å². The zero-order valence-corrected chi connectivity index (χ0v) is 17.8. The number of nitrogens with zero attached hydrogens (tertiary/aromatic N) is 3. The first-order chi connectivity index (χ1) is 13.3. The van der Waals surface area contributed by atoms with E-state index < -0.39 is 10.0 Å². The fourth-order valence-electron chi connectivity index (χ4n) is 2.42. The van der Waals surface area contributed by atoms with Crippen molar-refractivity contribution in [2.75, 3.05) is 18.6 Å². The Balaban J connectivity index is 1.83. The number of sulfonamides is 1. The summed E-state index contributed by atoms with van der Waals surface area (Å²) in [5.74, 6) is 0.343. The number of carbonyl (C=O) groups is 1. The van der Waals surface area contributed by atoms with Crippen molar-refractivity contribution in [2.24, 2.45) is 0 Å². The molecular weight excluding hydrogens is 420 g/mol. The molecule has 0 unspecified atom stereocenters. The van der Waals surface area contributed by atoms with E-state index in [-0.39, 0.29) is 23.2 Å². The Kier molecular flexibility index (Phi) is 6.18. The third kappa shape index (κ3) is 4.43. The topological polar surface area (TPSA) is 105 Å². The molecule has 0 aliphatic heterocycles. The van der Waals surface area contributed by atoms with Crippen molar-refractivity contribution in [2.45, 2.75) is 23.3 Å². The molecule has 0 radical (unpaired) electrons. The SMILES string of the molecule is CSc1ccc(S(=O)(=O)N(C)Cc2nc(-c3cccs3)no2)cc1NC(C)=O. The van der Waals surface area contributed by atoms with Gasteiger partial charge in [0.25, 0.3) is 0 Å². The van der Waals surface area contributed by atoms with Crippen LogP contribution >= 0.6 is 23.1 Å². The Morgan fingerprint density at radius 2 is 2.14 bits per heavy atom. The van der Waals surface area contributed by atoms with E-state index in [2.05, 4.69) is 15.5 Å². The molecular formula is C17H18N4O4S3. The van der Waals surface area contributed by atoms with Crippen molar-refractivity contribution >= 4 is 44.7 Å². The molecule has 11 heteroatoms. The van der Waals surface area contributed by atoms with E-state index in [1.807, 2.05) is 23.8 Å². The molecule has 1 amide bonds. The lowest BCUT2D eigenvalue weighted by molar-refractivity contribution is -0.114. The van der Waals surface area contributed by atoms with Crippen LogP contribution in [0.2, 0.25) is 0 Å². The fourth-order valence-corrected chi connectivity index (χ4v) is 4.75. The second-order valence-corrected chi connectivity index (χ2v) is 9.63. The van der Waals surface area contributed by atoms with Gasteiger partial charge in [-0.25, -0.2) is 8.42 Å². The molecule has 2 heterocycles. The Labute approximate surface area is 171 Å². The molecule has 0 aliphatic rings. The average molecular weight is 439 g/mol. The van der Waals surface area contributed by atoms with Crippen LogP contribution in [0.25, 0.3) is 10.7 Å². The molecule has 0 aliphatic carbocycles. The van der Waals surface area contributed by atoms with E-state index in [0.29, 0.717) is 11.5 Å². The van der Waals surface area contributed by atoms with Crippen LogP contribution < -0.4 is 5.32 Å². The summed E-state index contributed by atoms with van der Waals surface area (Å²) in [7, 11) is -2.38. The normalized spacial score (nSPS) is 11.7. The van der Waals surface area contributed by atoms with Crippen molar-refractivity contribution < 1.29 is 17.7 Å². The van der Waals surface area contributed by atoms with Crippen LogP contribution in [0.4, 0.5) is 5.69 Å². The van der Waals surface area contributed by atoms with Crippen LogP contribution in [0.5, 0.6) is 0 Å². The Morgan fingerprint density at radius 3 is 2.79 bits per heavy atom. The monoisotopic (exact) mass is 438 g/mol. The van der Waals surface area contributed by atoms with Crippen LogP contribution in [0.1, 0.15) is 12.8 Å². The van der Waals surface area contributed by atoms with Gasteiger partial charge in [-0.15, -0.1) is 23.1 Å². The molecule has 0 saturated heterocycles. The lowest BCUT2D eigenvalue weighted by atomic mass is 10.3. The number of anilines is 1. The van der Waals surface area contributed by atoms with E-state index in [0.717, 1.165) is 14.1 Å². The second kappa shape index (κ2) is 8.43. The molecule has 8 nitrogen and oxygen atoms in total. The lowest BCUT2D eigenvalue weighted by Gasteiger charge is -2.17. The molecule has 0 atom stereocenters. The molecule has 28 heavy (non-hydrogen) atoms. The quantitative estimate of drug-likeness (QED) is 0.564. The van der Waals surface area contributed by atoms with Crippen molar-refractivity contribution in [1.29, 1.82) is 0 Å². The first-order valence-electron chi connectivity index (χ1n) is 8.09. The van der Waals surface area contributed by atoms with Gasteiger partial charge in [-0.05, 0) is 35.9 Å². The van der Waals surface area contributed by atoms with Gasteiger partial charge < -0.3 is 9.84 Å². The summed E-state index contributed by atoms with van der Waals surface area (Å²) in [6.45, 7) is 1.30. The number of rotatable bonds is 7. The largest absolute Gasteiger partial charge is 0.337 e. The Morgan fingerprint density at radius 1 is 1.36 bits per heavy atom. The first kappa shape index (κ1) is 20.5. The minimum Gasteiger partial charge on any atom is -0.337 e. The number of amides is 1. The van der Waals surface area contributed by atoms with Crippen LogP contribution in [0, 0.1) is 0 Å². The van der Waals surface area contributed by atoms with Gasteiger partial charge in [0.1, 0.15) is 0 Å². The van der Waals surface area contributed by atoms with E-state index in [9.17, 15) is 13.2 Å². The van der Waals surface area contributed by atoms with Crippen LogP contribution in [0.3, 0.4) is 0 Å². The maximum Gasteiger partial charge on any atom is 0.243 e. The minimum atomic E-state index is -3.82. The van der Waals surface area contributed by atoms with E-state index in [1.54, 1.807) is 6.07 Å². The van der Waals surface area contributed by atoms with E-state index >= 15 is 0 Å². The lowest BCUT2D eigenvalue weighted by Crippen LogP contribution is -2.26. The maximum atomic E-state index is 12.9. The summed E-state index contributed by atoms with van der Waals surface area (Å²) < 4.78 is 32.2. The smallest absolute Gasteiger partial charge is 0.243 e. The number of benzene rings is 1. The van der Waals surface area contributed by atoms with Gasteiger partial charge in [0.2, 0.25) is 27.6 Å². The molecule has 2 aromatic heterocycles. The summed E-state index contributed by atoms with van der Waals surface area (Å²) in [6.07, 6.45) is 1.85. The molecule has 0 saturated carbocycles.